The maximum atomic E-state index is 12.4. The highest BCUT2D eigenvalue weighted by Gasteiger charge is 2.18. The largest absolute Gasteiger partial charge is 0.466 e. The Balaban J connectivity index is 3.42. The molecule has 0 aliphatic heterocycles. The van der Waals surface area contributed by atoms with Crippen molar-refractivity contribution in [3.05, 3.63) is 36.5 Å². The number of hydrogen-bond donors (Lipinski definition) is 3. The highest BCUT2D eigenvalue weighted by atomic mass is 16.5. The molecule has 6 heteroatoms. The van der Waals surface area contributed by atoms with E-state index in [1.807, 2.05) is 6.08 Å². The van der Waals surface area contributed by atoms with Crippen molar-refractivity contribution in [3.63, 3.8) is 0 Å². The van der Waals surface area contributed by atoms with E-state index in [1.165, 1.54) is 231 Å². The Morgan fingerprint density at radius 3 is 1.17 bits per heavy atom. The number of hydrogen-bond acceptors (Lipinski definition) is 5. The summed E-state index contributed by atoms with van der Waals surface area (Å²) in [5, 5.41) is 22.9. The number of ether oxygens (including phenoxy) is 1. The van der Waals surface area contributed by atoms with Crippen LogP contribution in [0.4, 0.5) is 0 Å². The summed E-state index contributed by atoms with van der Waals surface area (Å²) < 4.78 is 5.48. The third kappa shape index (κ3) is 51.3. The van der Waals surface area contributed by atoms with Crippen LogP contribution in [0, 0.1) is 0 Å². The fraction of sp³-hybridized carbons (Fsp3) is 0.864. The topological polar surface area (TPSA) is 95.9 Å². The van der Waals surface area contributed by atoms with Crippen LogP contribution in [0.1, 0.15) is 303 Å². The number of carbonyl (C=O) groups is 2. The van der Waals surface area contributed by atoms with E-state index >= 15 is 0 Å². The number of carbonyl (C=O) groups excluding carboxylic acids is 2. The van der Waals surface area contributed by atoms with E-state index < -0.39 is 12.1 Å². The van der Waals surface area contributed by atoms with Gasteiger partial charge in [0.25, 0.3) is 0 Å². The maximum Gasteiger partial charge on any atom is 0.305 e. The standard InChI is InChI=1S/C59H111NO5/c1-3-5-7-9-11-13-14-15-30-33-37-41-45-49-53-59(64)65-54-50-46-42-38-34-31-28-26-24-22-20-18-16-17-19-21-23-25-27-29-32-36-40-44-48-52-58(63)60-56(55-61)57(62)51-47-43-39-35-12-10-8-6-4-2/h17-20,47,51,56-57,61-62H,3-16,21-46,48-50,52-55H2,1-2H3,(H,60,63)/b19-17-,20-18-,51-47+. The molecule has 0 aliphatic carbocycles. The molecule has 0 aromatic heterocycles. The Bertz CT molecular complexity index is 1060. The molecule has 0 heterocycles. The van der Waals surface area contributed by atoms with E-state index in [-0.39, 0.29) is 18.5 Å². The molecule has 6 nitrogen and oxygen atoms in total. The number of amides is 1. The molecule has 1 amide bonds. The van der Waals surface area contributed by atoms with Crippen molar-refractivity contribution in [3.8, 4) is 0 Å². The molecule has 0 saturated heterocycles. The first kappa shape index (κ1) is 63.1. The summed E-state index contributed by atoms with van der Waals surface area (Å²) in [6.07, 6.45) is 67.5. The molecule has 0 radical (unpaired) electrons. The van der Waals surface area contributed by atoms with Gasteiger partial charge in [-0.25, -0.2) is 0 Å². The summed E-state index contributed by atoms with van der Waals surface area (Å²) >= 11 is 0. The monoisotopic (exact) mass is 914 g/mol. The number of aliphatic hydroxyl groups excluding tert-OH is 2. The number of aliphatic hydroxyl groups is 2. The number of nitrogens with one attached hydrogen (secondary N) is 1. The Morgan fingerprint density at radius 2 is 0.769 bits per heavy atom. The van der Waals surface area contributed by atoms with Gasteiger partial charge in [0.15, 0.2) is 0 Å². The lowest BCUT2D eigenvalue weighted by Gasteiger charge is -2.20. The molecule has 0 rings (SSSR count). The minimum absolute atomic E-state index is 0.0104. The van der Waals surface area contributed by atoms with Crippen LogP contribution < -0.4 is 5.32 Å². The Hall–Kier alpha value is -1.92. The van der Waals surface area contributed by atoms with Crippen LogP contribution >= 0.6 is 0 Å². The first-order valence-corrected chi connectivity index (χ1v) is 28.8. The Labute approximate surface area is 404 Å². The van der Waals surface area contributed by atoms with Crippen molar-refractivity contribution in [2.75, 3.05) is 13.2 Å². The molecule has 0 saturated carbocycles. The molecule has 0 fully saturated rings. The second-order valence-corrected chi connectivity index (χ2v) is 19.6. The van der Waals surface area contributed by atoms with Crippen LogP contribution in [-0.4, -0.2) is 47.4 Å². The Kier molecular flexibility index (Phi) is 53.1. The number of unbranched alkanes of at least 4 members (excludes halogenated alkanes) is 38. The van der Waals surface area contributed by atoms with Gasteiger partial charge in [-0.2, -0.15) is 0 Å². The van der Waals surface area contributed by atoms with Crippen LogP contribution in [0.5, 0.6) is 0 Å². The molecular weight excluding hydrogens is 803 g/mol. The van der Waals surface area contributed by atoms with Crippen molar-refractivity contribution in [2.45, 2.75) is 315 Å². The smallest absolute Gasteiger partial charge is 0.305 e. The van der Waals surface area contributed by atoms with E-state index in [4.69, 9.17) is 4.74 Å². The van der Waals surface area contributed by atoms with Gasteiger partial charge in [-0.15, -0.1) is 0 Å². The molecule has 0 aromatic carbocycles. The predicted molar refractivity (Wildman–Crippen MR) is 283 cm³/mol. The zero-order chi connectivity index (χ0) is 47.2. The molecule has 0 aliphatic rings. The summed E-state index contributed by atoms with van der Waals surface area (Å²) in [7, 11) is 0. The van der Waals surface area contributed by atoms with Crippen LogP contribution in [-0.2, 0) is 14.3 Å². The average molecular weight is 915 g/mol. The van der Waals surface area contributed by atoms with Crippen LogP contribution in [0.2, 0.25) is 0 Å². The van der Waals surface area contributed by atoms with E-state index in [1.54, 1.807) is 6.08 Å². The van der Waals surface area contributed by atoms with E-state index in [0.717, 1.165) is 44.9 Å². The van der Waals surface area contributed by atoms with E-state index in [0.29, 0.717) is 19.4 Å². The average Bonchev–Trinajstić information content (AvgIpc) is 3.31. The van der Waals surface area contributed by atoms with Gasteiger partial charge in [0.2, 0.25) is 5.91 Å². The van der Waals surface area contributed by atoms with Crippen LogP contribution in [0.3, 0.4) is 0 Å². The lowest BCUT2D eigenvalue weighted by Crippen LogP contribution is -2.45. The van der Waals surface area contributed by atoms with E-state index in [9.17, 15) is 19.8 Å². The molecule has 0 bridgehead atoms. The van der Waals surface area contributed by atoms with Gasteiger partial charge in [0.05, 0.1) is 25.4 Å². The van der Waals surface area contributed by atoms with Gasteiger partial charge in [0.1, 0.15) is 0 Å². The first-order valence-electron chi connectivity index (χ1n) is 28.8. The normalized spacial score (nSPS) is 12.9. The van der Waals surface area contributed by atoms with Gasteiger partial charge in [0, 0.05) is 12.8 Å². The van der Waals surface area contributed by atoms with Crippen molar-refractivity contribution in [1.29, 1.82) is 0 Å². The minimum atomic E-state index is -0.846. The fourth-order valence-corrected chi connectivity index (χ4v) is 8.72. The maximum absolute atomic E-state index is 12.4. The summed E-state index contributed by atoms with van der Waals surface area (Å²) in [6.45, 7) is 4.87. The Morgan fingerprint density at radius 1 is 0.431 bits per heavy atom. The summed E-state index contributed by atoms with van der Waals surface area (Å²) in [4.78, 5) is 24.4. The number of rotatable bonds is 53. The zero-order valence-electron chi connectivity index (χ0n) is 43.5. The van der Waals surface area contributed by atoms with Gasteiger partial charge >= 0.3 is 5.97 Å². The highest BCUT2D eigenvalue weighted by Crippen LogP contribution is 2.16. The van der Waals surface area contributed by atoms with Crippen molar-refractivity contribution in [2.24, 2.45) is 0 Å². The molecule has 2 unspecified atom stereocenters. The van der Waals surface area contributed by atoms with Crippen molar-refractivity contribution < 1.29 is 24.5 Å². The summed E-state index contributed by atoms with van der Waals surface area (Å²) in [5.74, 6) is -0.0666. The van der Waals surface area contributed by atoms with Crippen molar-refractivity contribution >= 4 is 11.9 Å². The quantitative estimate of drug-likeness (QED) is 0.0321. The molecule has 0 aromatic rings. The highest BCUT2D eigenvalue weighted by molar-refractivity contribution is 5.76. The minimum Gasteiger partial charge on any atom is -0.466 e. The first-order chi connectivity index (χ1) is 32.0. The van der Waals surface area contributed by atoms with Crippen LogP contribution in [0.15, 0.2) is 36.5 Å². The number of allylic oxidation sites excluding steroid dienone is 5. The second kappa shape index (κ2) is 54.7. The van der Waals surface area contributed by atoms with Gasteiger partial charge in [-0.1, -0.05) is 262 Å². The fourth-order valence-electron chi connectivity index (χ4n) is 8.72. The molecule has 382 valence electrons. The van der Waals surface area contributed by atoms with Gasteiger partial charge < -0.3 is 20.3 Å². The third-order valence-corrected chi connectivity index (χ3v) is 13.2. The lowest BCUT2D eigenvalue weighted by atomic mass is 10.0. The third-order valence-electron chi connectivity index (χ3n) is 13.2. The SMILES string of the molecule is CCCCCCCCC/C=C/C(O)C(CO)NC(=O)CCCCCCCCCCC/C=C\C/C=C\CCCCCCCCCCCOC(=O)CCCCCCCCCCCCCCCC. The van der Waals surface area contributed by atoms with Gasteiger partial charge in [-0.3, -0.25) is 9.59 Å². The molecule has 2 atom stereocenters. The number of esters is 1. The molecular formula is C59H111NO5. The van der Waals surface area contributed by atoms with Crippen molar-refractivity contribution in [1.82, 2.24) is 5.32 Å². The second-order valence-electron chi connectivity index (χ2n) is 19.6. The molecule has 0 spiro atoms. The zero-order valence-corrected chi connectivity index (χ0v) is 43.5. The molecule has 3 N–H and O–H groups in total. The van der Waals surface area contributed by atoms with Crippen LogP contribution in [0.25, 0.3) is 0 Å². The van der Waals surface area contributed by atoms with E-state index in [2.05, 4.69) is 43.5 Å². The van der Waals surface area contributed by atoms with Gasteiger partial charge in [-0.05, 0) is 64.2 Å². The molecule has 65 heavy (non-hydrogen) atoms. The predicted octanol–water partition coefficient (Wildman–Crippen LogP) is 17.6. The summed E-state index contributed by atoms with van der Waals surface area (Å²) in [5.41, 5.74) is 0. The summed E-state index contributed by atoms with van der Waals surface area (Å²) in [6, 6.07) is -0.630. The lowest BCUT2D eigenvalue weighted by molar-refractivity contribution is -0.143.